The minimum atomic E-state index is 0.761. The van der Waals surface area contributed by atoms with Crippen LogP contribution in [-0.2, 0) is 0 Å². The molecule has 0 saturated carbocycles. The van der Waals surface area contributed by atoms with E-state index >= 15 is 0 Å². The Balaban J connectivity index is 0.000000511. The molecule has 0 aliphatic heterocycles. The van der Waals surface area contributed by atoms with Crippen molar-refractivity contribution in [1.29, 1.82) is 5.41 Å². The Kier molecular flexibility index (Phi) is 10.8. The van der Waals surface area contributed by atoms with Gasteiger partial charge in [-0.25, -0.2) is 0 Å². The monoisotopic (exact) mass is 277 g/mol. The summed E-state index contributed by atoms with van der Waals surface area (Å²) in [6, 6.07) is 5.86. The molecule has 2 heteroatoms. The Morgan fingerprint density at radius 3 is 2.35 bits per heavy atom. The number of aryl methyl sites for hydroxylation is 1. The van der Waals surface area contributed by atoms with E-state index in [1.807, 2.05) is 25.1 Å². The van der Waals surface area contributed by atoms with Crippen LogP contribution in [0.15, 0.2) is 18.2 Å². The zero-order valence-electron chi connectivity index (χ0n) is 13.8. The molecule has 1 aromatic carbocycles. The van der Waals surface area contributed by atoms with E-state index in [2.05, 4.69) is 27.7 Å². The highest BCUT2D eigenvalue weighted by Crippen LogP contribution is 2.16. The van der Waals surface area contributed by atoms with E-state index in [1.54, 1.807) is 0 Å². The average molecular weight is 277 g/mol. The molecule has 0 atom stereocenters. The highest BCUT2D eigenvalue weighted by Gasteiger charge is 1.98. The predicted molar refractivity (Wildman–Crippen MR) is 89.2 cm³/mol. The molecule has 0 aliphatic carbocycles. The molecule has 0 radical (unpaired) electrons. The summed E-state index contributed by atoms with van der Waals surface area (Å²) >= 11 is 0. The van der Waals surface area contributed by atoms with E-state index < -0.39 is 0 Å². The van der Waals surface area contributed by atoms with E-state index in [0.717, 1.165) is 42.2 Å². The Morgan fingerprint density at radius 1 is 1.20 bits per heavy atom. The average Bonchev–Trinajstić information content (AvgIpc) is 2.41. The van der Waals surface area contributed by atoms with E-state index in [9.17, 15) is 0 Å². The van der Waals surface area contributed by atoms with Gasteiger partial charge in [-0.1, -0.05) is 53.0 Å². The minimum Gasteiger partial charge on any atom is -0.494 e. The van der Waals surface area contributed by atoms with Crippen LogP contribution in [0.5, 0.6) is 5.75 Å². The Morgan fingerprint density at radius 2 is 1.90 bits per heavy atom. The molecule has 0 aliphatic rings. The summed E-state index contributed by atoms with van der Waals surface area (Å²) in [4.78, 5) is 0. The molecule has 1 rings (SSSR count). The van der Waals surface area contributed by atoms with Crippen LogP contribution in [0.25, 0.3) is 0 Å². The molecule has 0 unspecified atom stereocenters. The zero-order valence-corrected chi connectivity index (χ0v) is 13.8. The van der Waals surface area contributed by atoms with Gasteiger partial charge in [-0.3, -0.25) is 0 Å². The summed E-state index contributed by atoms with van der Waals surface area (Å²) in [5, 5.41) is 7.21. The lowest BCUT2D eigenvalue weighted by Crippen LogP contribution is -1.97. The molecule has 1 aromatic rings. The van der Waals surface area contributed by atoms with Gasteiger partial charge in [-0.05, 0) is 42.5 Å². The smallest absolute Gasteiger partial charge is 0.119 e. The number of hydrogen-bond donors (Lipinski definition) is 1. The van der Waals surface area contributed by atoms with Gasteiger partial charge in [0.1, 0.15) is 5.75 Å². The summed E-state index contributed by atoms with van der Waals surface area (Å²) in [7, 11) is 0. The van der Waals surface area contributed by atoms with Gasteiger partial charge in [0.15, 0.2) is 0 Å². The lowest BCUT2D eigenvalue weighted by Gasteiger charge is -2.07. The first kappa shape index (κ1) is 18.7. The van der Waals surface area contributed by atoms with Gasteiger partial charge in [-0.2, -0.15) is 0 Å². The van der Waals surface area contributed by atoms with E-state index in [-0.39, 0.29) is 0 Å². The van der Waals surface area contributed by atoms with Crippen molar-refractivity contribution in [2.75, 3.05) is 6.61 Å². The number of benzene rings is 1. The highest BCUT2D eigenvalue weighted by atomic mass is 16.5. The highest BCUT2D eigenvalue weighted by molar-refractivity contribution is 5.79. The Hall–Kier alpha value is -1.31. The van der Waals surface area contributed by atoms with Crippen molar-refractivity contribution in [2.24, 2.45) is 5.92 Å². The quantitative estimate of drug-likeness (QED) is 0.509. The first-order chi connectivity index (χ1) is 9.54. The fraction of sp³-hybridized carbons (Fsp3) is 0.611. The van der Waals surface area contributed by atoms with Crippen LogP contribution in [0.2, 0.25) is 0 Å². The summed E-state index contributed by atoms with van der Waals surface area (Å²) in [6.45, 7) is 11.6. The van der Waals surface area contributed by atoms with Gasteiger partial charge in [0.25, 0.3) is 0 Å². The van der Waals surface area contributed by atoms with Gasteiger partial charge in [0, 0.05) is 6.21 Å². The normalized spacial score (nSPS) is 9.90. The molecule has 0 bridgehead atoms. The van der Waals surface area contributed by atoms with E-state index in [4.69, 9.17) is 10.1 Å². The van der Waals surface area contributed by atoms with E-state index in [0.29, 0.717) is 0 Å². The Bertz CT molecular complexity index is 372. The second-order valence-corrected chi connectivity index (χ2v) is 5.55. The summed E-state index contributed by atoms with van der Waals surface area (Å²) < 4.78 is 5.54. The molecule has 0 heterocycles. The molecule has 0 aromatic heterocycles. The summed E-state index contributed by atoms with van der Waals surface area (Å²) in [5.41, 5.74) is 2.04. The fourth-order valence-electron chi connectivity index (χ4n) is 1.78. The molecule has 0 saturated heterocycles. The first-order valence-corrected chi connectivity index (χ1v) is 7.79. The van der Waals surface area contributed by atoms with Crippen LogP contribution in [0, 0.1) is 18.3 Å². The number of unbranched alkanes of at least 4 members (excludes halogenated alkanes) is 1. The number of ether oxygens (including phenoxy) is 1. The van der Waals surface area contributed by atoms with Crippen molar-refractivity contribution >= 4 is 6.21 Å². The maximum absolute atomic E-state index is 7.21. The maximum atomic E-state index is 7.21. The van der Waals surface area contributed by atoms with Crippen LogP contribution >= 0.6 is 0 Å². The van der Waals surface area contributed by atoms with Gasteiger partial charge in [0.05, 0.1) is 6.61 Å². The van der Waals surface area contributed by atoms with Crippen LogP contribution in [0.3, 0.4) is 0 Å². The fourth-order valence-corrected chi connectivity index (χ4v) is 1.78. The van der Waals surface area contributed by atoms with Gasteiger partial charge in [0.2, 0.25) is 0 Å². The second kappa shape index (κ2) is 11.5. The molecular formula is C18H31NO. The predicted octanol–water partition coefficient (Wildman–Crippen LogP) is 5.61. The molecular weight excluding hydrogens is 246 g/mol. The third-order valence-corrected chi connectivity index (χ3v) is 3.04. The molecule has 0 fully saturated rings. The maximum Gasteiger partial charge on any atom is 0.119 e. The number of hydrogen-bond acceptors (Lipinski definition) is 2. The van der Waals surface area contributed by atoms with Crippen molar-refractivity contribution in [3.05, 3.63) is 29.3 Å². The van der Waals surface area contributed by atoms with Crippen molar-refractivity contribution in [3.8, 4) is 5.75 Å². The zero-order chi connectivity index (χ0) is 15.4. The van der Waals surface area contributed by atoms with Crippen molar-refractivity contribution in [3.63, 3.8) is 0 Å². The van der Waals surface area contributed by atoms with Crippen molar-refractivity contribution < 1.29 is 4.74 Å². The molecule has 114 valence electrons. The van der Waals surface area contributed by atoms with Crippen molar-refractivity contribution in [1.82, 2.24) is 0 Å². The van der Waals surface area contributed by atoms with Gasteiger partial charge < -0.3 is 10.1 Å². The molecule has 20 heavy (non-hydrogen) atoms. The van der Waals surface area contributed by atoms with Crippen LogP contribution in [0.1, 0.15) is 64.5 Å². The van der Waals surface area contributed by atoms with E-state index in [1.165, 1.54) is 19.1 Å². The molecule has 0 amide bonds. The first-order valence-electron chi connectivity index (χ1n) is 7.79. The third kappa shape index (κ3) is 8.73. The lowest BCUT2D eigenvalue weighted by atomic mass is 10.1. The SMILES string of the molecule is CCCC(C)C.CCCCOc1ccc(C)c(C=N)c1. The number of rotatable bonds is 7. The Labute approximate surface area is 125 Å². The van der Waals surface area contributed by atoms with Crippen LogP contribution < -0.4 is 4.74 Å². The van der Waals surface area contributed by atoms with Gasteiger partial charge >= 0.3 is 0 Å². The number of nitrogens with one attached hydrogen (secondary N) is 1. The second-order valence-electron chi connectivity index (χ2n) is 5.55. The minimum absolute atomic E-state index is 0.761. The van der Waals surface area contributed by atoms with Crippen LogP contribution in [-0.4, -0.2) is 12.8 Å². The summed E-state index contributed by atoms with van der Waals surface area (Å²) in [6.07, 6.45) is 6.29. The molecule has 1 N–H and O–H groups in total. The largest absolute Gasteiger partial charge is 0.494 e. The lowest BCUT2D eigenvalue weighted by molar-refractivity contribution is 0.309. The van der Waals surface area contributed by atoms with Crippen LogP contribution in [0.4, 0.5) is 0 Å². The standard InChI is InChI=1S/C12H17NO.C6H14/c1-3-4-7-14-12-6-5-10(2)11(8-12)9-13;1-4-5-6(2)3/h5-6,8-9,13H,3-4,7H2,1-2H3;6H,4-5H2,1-3H3. The van der Waals surface area contributed by atoms with Crippen molar-refractivity contribution in [2.45, 2.75) is 60.3 Å². The summed E-state index contributed by atoms with van der Waals surface area (Å²) in [5.74, 6) is 1.76. The topological polar surface area (TPSA) is 33.1 Å². The third-order valence-electron chi connectivity index (χ3n) is 3.04. The molecule has 0 spiro atoms. The van der Waals surface area contributed by atoms with Gasteiger partial charge in [-0.15, -0.1) is 0 Å². The molecule has 2 nitrogen and oxygen atoms in total.